The number of nitrogens with zero attached hydrogens (tertiary/aromatic N) is 5. The summed E-state index contributed by atoms with van der Waals surface area (Å²) in [5, 5.41) is 4.60. The Morgan fingerprint density at radius 2 is 1.78 bits per heavy atom. The third-order valence-corrected chi connectivity index (χ3v) is 5.08. The van der Waals surface area contributed by atoms with Crippen LogP contribution in [0.4, 0.5) is 5.95 Å². The Balaban J connectivity index is 1.86. The number of aromatic nitrogens is 4. The molecular formula is C21H26N6. The highest BCUT2D eigenvalue weighted by molar-refractivity contribution is 5.74. The first-order chi connectivity index (χ1) is 13.1. The predicted octanol–water partition coefficient (Wildman–Crippen LogP) is 3.24. The first-order valence-electron chi connectivity index (χ1n) is 9.62. The van der Waals surface area contributed by atoms with Crippen LogP contribution in [-0.4, -0.2) is 38.7 Å². The number of fused-ring (bicyclic) bond motifs is 1. The van der Waals surface area contributed by atoms with Gasteiger partial charge in [-0.1, -0.05) is 56.4 Å². The average Bonchev–Trinajstić information content (AvgIpc) is 3.06. The van der Waals surface area contributed by atoms with E-state index in [1.54, 1.807) is 0 Å². The quantitative estimate of drug-likeness (QED) is 0.907. The summed E-state index contributed by atoms with van der Waals surface area (Å²) in [5.74, 6) is 1.92. The molecule has 1 fully saturated rings. The lowest BCUT2D eigenvalue weighted by Crippen LogP contribution is -2.40. The molecule has 0 spiro atoms. The van der Waals surface area contributed by atoms with Crippen LogP contribution in [-0.2, 0) is 0 Å². The van der Waals surface area contributed by atoms with Gasteiger partial charge in [0.05, 0.1) is 6.20 Å². The molecule has 3 heterocycles. The molecule has 1 aliphatic carbocycles. The lowest BCUT2D eigenvalue weighted by Gasteiger charge is -2.30. The second kappa shape index (κ2) is 7.48. The van der Waals surface area contributed by atoms with E-state index >= 15 is 0 Å². The van der Waals surface area contributed by atoms with Crippen molar-refractivity contribution in [1.29, 1.82) is 0 Å². The fourth-order valence-corrected chi connectivity index (χ4v) is 3.43. The summed E-state index contributed by atoms with van der Waals surface area (Å²) in [6, 6.07) is 0.277. The molecule has 0 atom stereocenters. The van der Waals surface area contributed by atoms with Crippen LogP contribution >= 0.6 is 0 Å². The average molecular weight is 362 g/mol. The van der Waals surface area contributed by atoms with Gasteiger partial charge in [0.15, 0.2) is 11.5 Å². The zero-order valence-electron chi connectivity index (χ0n) is 15.9. The molecule has 2 aromatic rings. The van der Waals surface area contributed by atoms with Gasteiger partial charge in [-0.05, 0) is 18.8 Å². The number of rotatable bonds is 3. The summed E-state index contributed by atoms with van der Waals surface area (Å²) >= 11 is 0. The summed E-state index contributed by atoms with van der Waals surface area (Å²) in [6.07, 6.45) is 18.1. The van der Waals surface area contributed by atoms with E-state index in [-0.39, 0.29) is 6.04 Å². The second-order valence-electron chi connectivity index (χ2n) is 7.41. The highest BCUT2D eigenvalue weighted by Crippen LogP contribution is 2.26. The second-order valence-corrected chi connectivity index (χ2v) is 7.41. The van der Waals surface area contributed by atoms with Crippen LogP contribution in [0.25, 0.3) is 11.2 Å². The minimum Gasteiger partial charge on any atom is -0.341 e. The van der Waals surface area contributed by atoms with Gasteiger partial charge in [0.25, 0.3) is 0 Å². The Bertz CT molecular complexity index is 939. The molecule has 6 nitrogen and oxygen atoms in total. The molecule has 1 saturated heterocycles. The van der Waals surface area contributed by atoms with E-state index in [2.05, 4.69) is 36.0 Å². The van der Waals surface area contributed by atoms with Gasteiger partial charge in [-0.25, -0.2) is 0 Å². The maximum Gasteiger partial charge on any atom is 0.229 e. The third-order valence-electron chi connectivity index (χ3n) is 5.08. The van der Waals surface area contributed by atoms with Gasteiger partial charge in [-0.3, -0.25) is 0 Å². The molecule has 0 bridgehead atoms. The topological polar surface area (TPSA) is 72.3 Å². The third kappa shape index (κ3) is 3.57. The van der Waals surface area contributed by atoms with Gasteiger partial charge in [0.2, 0.25) is 5.95 Å². The molecule has 1 aliphatic heterocycles. The summed E-state index contributed by atoms with van der Waals surface area (Å²) < 4.78 is 1.86. The molecule has 27 heavy (non-hydrogen) atoms. The Morgan fingerprint density at radius 1 is 1.04 bits per heavy atom. The molecule has 2 aliphatic rings. The van der Waals surface area contributed by atoms with Crippen molar-refractivity contribution in [2.75, 3.05) is 18.0 Å². The first-order valence-corrected chi connectivity index (χ1v) is 9.62. The van der Waals surface area contributed by atoms with Crippen LogP contribution in [0.2, 0.25) is 0 Å². The van der Waals surface area contributed by atoms with Crippen LogP contribution in [0.1, 0.15) is 44.0 Å². The zero-order chi connectivity index (χ0) is 18.8. The molecule has 0 aromatic carbocycles. The van der Waals surface area contributed by atoms with E-state index in [1.807, 2.05) is 41.1 Å². The van der Waals surface area contributed by atoms with E-state index < -0.39 is 0 Å². The molecular weight excluding hydrogens is 336 g/mol. The number of hydrogen-bond donors (Lipinski definition) is 1. The standard InChI is InChI=1S/C21H26N6/c1-15(2)18-14-23-27-19(16-8-6-4-3-5-7-9-16)24-21(25-20(18)27)26-12-10-17(22)11-13-26/h3-9,14-15,17H,10-13,22H2,1-2H3/b4-3-,5-3?,6-4?,7-5-,8-6?,9-7?,16-8?,16-9?. The molecule has 0 amide bonds. The number of hydrogen-bond acceptors (Lipinski definition) is 5. The maximum absolute atomic E-state index is 6.08. The van der Waals surface area contributed by atoms with Crippen molar-refractivity contribution in [2.45, 2.75) is 38.6 Å². The smallest absolute Gasteiger partial charge is 0.229 e. The van der Waals surface area contributed by atoms with Crippen LogP contribution in [0.3, 0.4) is 0 Å². The Hall–Kier alpha value is -2.73. The largest absolute Gasteiger partial charge is 0.341 e. The molecule has 4 rings (SSSR count). The Labute approximate surface area is 159 Å². The monoisotopic (exact) mass is 362 g/mol. The van der Waals surface area contributed by atoms with Gasteiger partial charge in [0.1, 0.15) is 0 Å². The minimum absolute atomic E-state index is 0.277. The van der Waals surface area contributed by atoms with E-state index in [9.17, 15) is 0 Å². The fourth-order valence-electron chi connectivity index (χ4n) is 3.43. The van der Waals surface area contributed by atoms with Crippen molar-refractivity contribution in [1.82, 2.24) is 19.6 Å². The van der Waals surface area contributed by atoms with E-state index in [0.717, 1.165) is 54.5 Å². The molecule has 2 aromatic heterocycles. The molecule has 0 radical (unpaired) electrons. The maximum atomic E-state index is 6.08. The molecule has 0 saturated carbocycles. The molecule has 0 unspecified atom stereocenters. The van der Waals surface area contributed by atoms with Gasteiger partial charge >= 0.3 is 0 Å². The van der Waals surface area contributed by atoms with E-state index in [0.29, 0.717) is 5.92 Å². The van der Waals surface area contributed by atoms with E-state index in [4.69, 9.17) is 15.7 Å². The summed E-state index contributed by atoms with van der Waals surface area (Å²) in [6.45, 7) is 6.11. The van der Waals surface area contributed by atoms with Gasteiger partial charge in [0, 0.05) is 30.3 Å². The SMILES string of the molecule is CC(C)c1cnn2c(C3=C/C=C\C=C/C=C3)nc(N3CCC(N)CC3)nc12. The number of piperidine rings is 1. The molecule has 6 heteroatoms. The van der Waals surface area contributed by atoms with Crippen molar-refractivity contribution in [3.63, 3.8) is 0 Å². The van der Waals surface area contributed by atoms with Crippen LogP contribution < -0.4 is 10.6 Å². The van der Waals surface area contributed by atoms with Gasteiger partial charge < -0.3 is 10.6 Å². The van der Waals surface area contributed by atoms with Crippen molar-refractivity contribution < 1.29 is 0 Å². The molecule has 140 valence electrons. The minimum atomic E-state index is 0.277. The van der Waals surface area contributed by atoms with Crippen LogP contribution in [0.15, 0.2) is 48.7 Å². The lowest BCUT2D eigenvalue weighted by molar-refractivity contribution is 0.495. The number of nitrogens with two attached hydrogens (primary N) is 1. The number of allylic oxidation sites excluding steroid dienone is 8. The molecule has 2 N–H and O–H groups in total. The van der Waals surface area contributed by atoms with Gasteiger partial charge in [-0.15, -0.1) is 0 Å². The van der Waals surface area contributed by atoms with Crippen LogP contribution in [0.5, 0.6) is 0 Å². The highest BCUT2D eigenvalue weighted by atomic mass is 15.3. The highest BCUT2D eigenvalue weighted by Gasteiger charge is 2.22. The fraction of sp³-hybridized carbons (Fsp3) is 0.381. The zero-order valence-corrected chi connectivity index (χ0v) is 15.9. The number of anilines is 1. The first kappa shape index (κ1) is 17.7. The lowest BCUT2D eigenvalue weighted by atomic mass is 10.1. The van der Waals surface area contributed by atoms with Crippen LogP contribution in [0, 0.1) is 0 Å². The summed E-state index contributed by atoms with van der Waals surface area (Å²) in [7, 11) is 0. The van der Waals surface area contributed by atoms with E-state index in [1.165, 1.54) is 0 Å². The van der Waals surface area contributed by atoms with Crippen molar-refractivity contribution in [3.8, 4) is 0 Å². The van der Waals surface area contributed by atoms with Crippen molar-refractivity contribution >= 4 is 17.2 Å². The Morgan fingerprint density at radius 3 is 2.56 bits per heavy atom. The van der Waals surface area contributed by atoms with Crippen molar-refractivity contribution in [2.24, 2.45) is 5.73 Å². The van der Waals surface area contributed by atoms with Crippen molar-refractivity contribution in [3.05, 3.63) is 60.1 Å². The summed E-state index contributed by atoms with van der Waals surface area (Å²) in [4.78, 5) is 12.1. The summed E-state index contributed by atoms with van der Waals surface area (Å²) in [5.41, 5.74) is 9.11. The predicted molar refractivity (Wildman–Crippen MR) is 110 cm³/mol. The Kier molecular flexibility index (Phi) is 4.90. The van der Waals surface area contributed by atoms with Gasteiger partial charge in [-0.2, -0.15) is 19.6 Å². The normalized spacial score (nSPS) is 20.6.